The van der Waals surface area contributed by atoms with Crippen molar-refractivity contribution < 1.29 is 22.7 Å². The fourth-order valence-electron chi connectivity index (χ4n) is 2.57. The average Bonchev–Trinajstić information content (AvgIpc) is 2.68. The molecule has 0 spiro atoms. The third-order valence-electron chi connectivity index (χ3n) is 4.30. The second-order valence-electron chi connectivity index (χ2n) is 6.70. The average molecular weight is 421 g/mol. The molecule has 2 aromatic rings. The molecular weight excluding hydrogens is 392 g/mol. The van der Waals surface area contributed by atoms with Crippen LogP contribution >= 0.6 is 0 Å². The SMILES string of the molecule is CCC(Oc1ccc(N(C)S(C)(=O)=O)cc1)C(=O)NCCOc1cccc(C)c1. The molecule has 1 unspecified atom stereocenters. The molecule has 0 aliphatic heterocycles. The minimum absolute atomic E-state index is 0.224. The monoisotopic (exact) mass is 420 g/mol. The molecule has 7 nitrogen and oxygen atoms in total. The number of hydrogen-bond donors (Lipinski definition) is 1. The molecule has 0 aliphatic rings. The summed E-state index contributed by atoms with van der Waals surface area (Å²) in [5.41, 5.74) is 1.63. The Morgan fingerprint density at radius 2 is 1.83 bits per heavy atom. The summed E-state index contributed by atoms with van der Waals surface area (Å²) in [6.45, 7) is 4.58. The van der Waals surface area contributed by atoms with Gasteiger partial charge in [-0.3, -0.25) is 9.10 Å². The van der Waals surface area contributed by atoms with E-state index in [1.807, 2.05) is 38.1 Å². The van der Waals surface area contributed by atoms with Crippen molar-refractivity contribution in [3.63, 3.8) is 0 Å². The van der Waals surface area contributed by atoms with E-state index in [9.17, 15) is 13.2 Å². The van der Waals surface area contributed by atoms with E-state index < -0.39 is 16.1 Å². The summed E-state index contributed by atoms with van der Waals surface area (Å²) in [4.78, 5) is 12.4. The number of hydrogen-bond acceptors (Lipinski definition) is 5. The zero-order chi connectivity index (χ0) is 21.4. The number of ether oxygens (including phenoxy) is 2. The minimum atomic E-state index is -3.33. The molecule has 2 aromatic carbocycles. The lowest BCUT2D eigenvalue weighted by atomic mass is 10.2. The molecule has 0 saturated carbocycles. The maximum atomic E-state index is 12.4. The molecule has 1 N–H and O–H groups in total. The number of aryl methyl sites for hydroxylation is 1. The molecule has 0 heterocycles. The van der Waals surface area contributed by atoms with Gasteiger partial charge in [-0.2, -0.15) is 0 Å². The lowest BCUT2D eigenvalue weighted by molar-refractivity contribution is -0.128. The highest BCUT2D eigenvalue weighted by molar-refractivity contribution is 7.92. The van der Waals surface area contributed by atoms with Crippen molar-refractivity contribution in [3.05, 3.63) is 54.1 Å². The normalized spacial score (nSPS) is 12.1. The molecule has 158 valence electrons. The van der Waals surface area contributed by atoms with E-state index in [1.54, 1.807) is 24.3 Å². The van der Waals surface area contributed by atoms with Crippen LogP contribution in [0, 0.1) is 6.92 Å². The van der Waals surface area contributed by atoms with Gasteiger partial charge in [-0.25, -0.2) is 8.42 Å². The molecule has 0 aliphatic carbocycles. The highest BCUT2D eigenvalue weighted by Gasteiger charge is 2.18. The number of carbonyl (C=O) groups excluding carboxylic acids is 1. The van der Waals surface area contributed by atoms with Crippen LogP contribution in [0.3, 0.4) is 0 Å². The van der Waals surface area contributed by atoms with Crippen molar-refractivity contribution in [1.29, 1.82) is 0 Å². The highest BCUT2D eigenvalue weighted by Crippen LogP contribution is 2.21. The Morgan fingerprint density at radius 1 is 1.14 bits per heavy atom. The number of carbonyl (C=O) groups is 1. The largest absolute Gasteiger partial charge is 0.492 e. The van der Waals surface area contributed by atoms with Crippen LogP contribution in [0.2, 0.25) is 0 Å². The van der Waals surface area contributed by atoms with Crippen LogP contribution in [0.1, 0.15) is 18.9 Å². The summed E-state index contributed by atoms with van der Waals surface area (Å²) in [7, 11) is -1.85. The van der Waals surface area contributed by atoms with Gasteiger partial charge >= 0.3 is 0 Å². The van der Waals surface area contributed by atoms with Crippen LogP contribution in [0.5, 0.6) is 11.5 Å². The number of nitrogens with one attached hydrogen (secondary N) is 1. The number of sulfonamides is 1. The van der Waals surface area contributed by atoms with Crippen molar-refractivity contribution in [1.82, 2.24) is 5.32 Å². The summed E-state index contributed by atoms with van der Waals surface area (Å²) < 4.78 is 35.7. The van der Waals surface area contributed by atoms with Crippen LogP contribution < -0.4 is 19.1 Å². The Bertz CT molecular complexity index is 913. The highest BCUT2D eigenvalue weighted by atomic mass is 32.2. The molecule has 0 saturated heterocycles. The van der Waals surface area contributed by atoms with Gasteiger partial charge in [0.05, 0.1) is 18.5 Å². The lowest BCUT2D eigenvalue weighted by Gasteiger charge is -2.19. The summed E-state index contributed by atoms with van der Waals surface area (Å²) in [5, 5.41) is 2.81. The maximum absolute atomic E-state index is 12.4. The Morgan fingerprint density at radius 3 is 2.41 bits per heavy atom. The van der Waals surface area contributed by atoms with Crippen molar-refractivity contribution in [3.8, 4) is 11.5 Å². The van der Waals surface area contributed by atoms with Crippen molar-refractivity contribution in [2.75, 3.05) is 30.8 Å². The fraction of sp³-hybridized carbons (Fsp3) is 0.381. The third-order valence-corrected chi connectivity index (χ3v) is 5.50. The van der Waals surface area contributed by atoms with Crippen molar-refractivity contribution in [2.24, 2.45) is 0 Å². The zero-order valence-corrected chi connectivity index (χ0v) is 18.0. The molecule has 1 atom stereocenters. The van der Waals surface area contributed by atoms with E-state index in [2.05, 4.69) is 5.32 Å². The first-order valence-electron chi connectivity index (χ1n) is 9.38. The predicted molar refractivity (Wildman–Crippen MR) is 114 cm³/mol. The standard InChI is InChI=1S/C21H28N2O5S/c1-5-20(21(24)22-13-14-27-19-8-6-7-16(2)15-19)28-18-11-9-17(10-12-18)23(3)29(4,25)26/h6-12,15,20H,5,13-14H2,1-4H3,(H,22,24). The Hall–Kier alpha value is -2.74. The summed E-state index contributed by atoms with van der Waals surface area (Å²) in [6.07, 6.45) is 0.986. The zero-order valence-electron chi connectivity index (χ0n) is 17.2. The molecule has 0 aromatic heterocycles. The van der Waals surface area contributed by atoms with Gasteiger partial charge in [0.15, 0.2) is 6.10 Å². The van der Waals surface area contributed by atoms with E-state index in [-0.39, 0.29) is 5.91 Å². The maximum Gasteiger partial charge on any atom is 0.261 e. The van der Waals surface area contributed by atoms with Crippen LogP contribution in [0.25, 0.3) is 0 Å². The van der Waals surface area contributed by atoms with Crippen LogP contribution in [-0.4, -0.2) is 46.9 Å². The molecule has 0 fully saturated rings. The third kappa shape index (κ3) is 6.98. The van der Waals surface area contributed by atoms with Gasteiger partial charge in [-0.05, 0) is 55.3 Å². The molecule has 0 bridgehead atoms. The van der Waals surface area contributed by atoms with Gasteiger partial charge in [-0.1, -0.05) is 19.1 Å². The van der Waals surface area contributed by atoms with Crippen molar-refractivity contribution in [2.45, 2.75) is 26.4 Å². The number of anilines is 1. The van der Waals surface area contributed by atoms with E-state index >= 15 is 0 Å². The Labute approximate surface area is 172 Å². The molecule has 2 rings (SSSR count). The first-order chi connectivity index (χ1) is 13.7. The second kappa shape index (κ2) is 10.2. The molecule has 8 heteroatoms. The first kappa shape index (κ1) is 22.5. The van der Waals surface area contributed by atoms with Gasteiger partial charge < -0.3 is 14.8 Å². The van der Waals surface area contributed by atoms with E-state index in [4.69, 9.17) is 9.47 Å². The Balaban J connectivity index is 1.84. The molecule has 29 heavy (non-hydrogen) atoms. The smallest absolute Gasteiger partial charge is 0.261 e. The number of benzene rings is 2. The van der Waals surface area contributed by atoms with Gasteiger partial charge in [0, 0.05) is 7.05 Å². The summed E-state index contributed by atoms with van der Waals surface area (Å²) in [6, 6.07) is 14.3. The lowest BCUT2D eigenvalue weighted by Crippen LogP contribution is -2.39. The van der Waals surface area contributed by atoms with E-state index in [1.165, 1.54) is 11.4 Å². The Kier molecular flexibility index (Phi) is 7.90. The van der Waals surface area contributed by atoms with Gasteiger partial charge in [0.2, 0.25) is 10.0 Å². The minimum Gasteiger partial charge on any atom is -0.492 e. The summed E-state index contributed by atoms with van der Waals surface area (Å²) >= 11 is 0. The van der Waals surface area contributed by atoms with E-state index in [0.29, 0.717) is 31.0 Å². The summed E-state index contributed by atoms with van der Waals surface area (Å²) in [5.74, 6) is 1.04. The molecule has 1 amide bonds. The van der Waals surface area contributed by atoms with E-state index in [0.717, 1.165) is 17.6 Å². The predicted octanol–water partition coefficient (Wildman–Crippen LogP) is 2.74. The number of nitrogens with zero attached hydrogens (tertiary/aromatic N) is 1. The topological polar surface area (TPSA) is 84.9 Å². The second-order valence-corrected chi connectivity index (χ2v) is 8.71. The number of rotatable bonds is 10. The first-order valence-corrected chi connectivity index (χ1v) is 11.2. The molecule has 0 radical (unpaired) electrons. The van der Waals surface area contributed by atoms with Crippen LogP contribution in [0.4, 0.5) is 5.69 Å². The van der Waals surface area contributed by atoms with Gasteiger partial charge in [0.1, 0.15) is 18.1 Å². The van der Waals surface area contributed by atoms with Gasteiger partial charge in [0.25, 0.3) is 5.91 Å². The fourth-order valence-corrected chi connectivity index (χ4v) is 3.08. The van der Waals surface area contributed by atoms with Crippen LogP contribution in [0.15, 0.2) is 48.5 Å². The molecular formula is C21H28N2O5S. The quantitative estimate of drug-likeness (QED) is 0.598. The van der Waals surface area contributed by atoms with Gasteiger partial charge in [-0.15, -0.1) is 0 Å². The van der Waals surface area contributed by atoms with Crippen LogP contribution in [-0.2, 0) is 14.8 Å². The van der Waals surface area contributed by atoms with Crippen molar-refractivity contribution >= 4 is 21.6 Å². The number of amides is 1.